The van der Waals surface area contributed by atoms with Crippen LogP contribution in [-0.4, -0.2) is 20.1 Å². The van der Waals surface area contributed by atoms with Crippen molar-refractivity contribution in [1.29, 1.82) is 0 Å². The Balaban J connectivity index is 1.91. The van der Waals surface area contributed by atoms with Crippen LogP contribution in [0, 0.1) is 0 Å². The Morgan fingerprint density at radius 1 is 0.909 bits per heavy atom. The summed E-state index contributed by atoms with van der Waals surface area (Å²) >= 11 is 1.89. The number of thiophene rings is 1. The van der Waals surface area contributed by atoms with Gasteiger partial charge in [-0.1, -0.05) is 12.1 Å². The van der Waals surface area contributed by atoms with Crippen LogP contribution in [0.2, 0.25) is 0 Å². The van der Waals surface area contributed by atoms with Gasteiger partial charge in [0.05, 0.1) is 0 Å². The van der Waals surface area contributed by atoms with E-state index < -0.39 is 0 Å². The fourth-order valence-electron chi connectivity index (χ4n) is 2.98. The molecule has 3 rings (SSSR count). The molecule has 0 aliphatic rings. The first-order valence-electron chi connectivity index (χ1n) is 8.10. The molecule has 0 saturated carbocycles. The van der Waals surface area contributed by atoms with Gasteiger partial charge >= 0.3 is 0 Å². The van der Waals surface area contributed by atoms with E-state index >= 15 is 0 Å². The SMILES string of the molecule is CNCCCCc1ccc2sc3ccc(CCN)cc3c2c1. The van der Waals surface area contributed by atoms with Gasteiger partial charge in [-0.05, 0) is 81.2 Å². The Bertz CT molecular complexity index is 761. The quantitative estimate of drug-likeness (QED) is 0.645. The topological polar surface area (TPSA) is 38.0 Å². The number of rotatable bonds is 7. The van der Waals surface area contributed by atoms with Crippen LogP contribution in [-0.2, 0) is 12.8 Å². The summed E-state index contributed by atoms with van der Waals surface area (Å²) in [6.07, 6.45) is 4.60. The van der Waals surface area contributed by atoms with Gasteiger partial charge in [-0.3, -0.25) is 0 Å². The molecule has 0 aliphatic heterocycles. The molecule has 0 amide bonds. The smallest absolute Gasteiger partial charge is 0.0355 e. The molecule has 0 unspecified atom stereocenters. The molecule has 1 aromatic heterocycles. The van der Waals surface area contributed by atoms with Crippen molar-refractivity contribution in [2.45, 2.75) is 25.7 Å². The molecule has 0 spiro atoms. The maximum Gasteiger partial charge on any atom is 0.0355 e. The van der Waals surface area contributed by atoms with Crippen LogP contribution in [0.1, 0.15) is 24.0 Å². The van der Waals surface area contributed by atoms with Crippen molar-refractivity contribution in [2.24, 2.45) is 5.73 Å². The zero-order valence-corrected chi connectivity index (χ0v) is 14.0. The number of nitrogens with two attached hydrogens (primary N) is 1. The third-order valence-electron chi connectivity index (χ3n) is 4.17. The van der Waals surface area contributed by atoms with Gasteiger partial charge in [0.25, 0.3) is 0 Å². The van der Waals surface area contributed by atoms with Crippen molar-refractivity contribution >= 4 is 31.5 Å². The van der Waals surface area contributed by atoms with Gasteiger partial charge in [-0.15, -0.1) is 11.3 Å². The number of nitrogens with one attached hydrogen (secondary N) is 1. The fraction of sp³-hybridized carbons (Fsp3) is 0.368. The average molecular weight is 312 g/mol. The molecule has 3 heteroatoms. The summed E-state index contributed by atoms with van der Waals surface area (Å²) in [5.41, 5.74) is 8.49. The van der Waals surface area contributed by atoms with Crippen LogP contribution in [0.15, 0.2) is 36.4 Å². The Morgan fingerprint density at radius 2 is 1.55 bits per heavy atom. The second kappa shape index (κ2) is 7.23. The molecule has 0 radical (unpaired) electrons. The molecule has 0 aliphatic carbocycles. The van der Waals surface area contributed by atoms with Gasteiger partial charge in [0.1, 0.15) is 0 Å². The Morgan fingerprint density at radius 3 is 2.14 bits per heavy atom. The zero-order chi connectivity index (χ0) is 15.4. The minimum Gasteiger partial charge on any atom is -0.330 e. The van der Waals surface area contributed by atoms with Crippen molar-refractivity contribution in [2.75, 3.05) is 20.1 Å². The van der Waals surface area contributed by atoms with Gasteiger partial charge in [0.2, 0.25) is 0 Å². The summed E-state index contributed by atoms with van der Waals surface area (Å²) in [5.74, 6) is 0. The molecule has 0 atom stereocenters. The van der Waals surface area contributed by atoms with E-state index in [-0.39, 0.29) is 0 Å². The van der Waals surface area contributed by atoms with E-state index in [2.05, 4.69) is 41.7 Å². The maximum absolute atomic E-state index is 5.69. The highest BCUT2D eigenvalue weighted by molar-refractivity contribution is 7.25. The van der Waals surface area contributed by atoms with Gasteiger partial charge in [-0.25, -0.2) is 0 Å². The number of benzene rings is 2. The summed E-state index contributed by atoms with van der Waals surface area (Å²) < 4.78 is 2.77. The van der Waals surface area contributed by atoms with E-state index in [1.165, 1.54) is 44.1 Å². The molecule has 22 heavy (non-hydrogen) atoms. The van der Waals surface area contributed by atoms with E-state index in [9.17, 15) is 0 Å². The van der Waals surface area contributed by atoms with Gasteiger partial charge in [0, 0.05) is 20.2 Å². The summed E-state index contributed by atoms with van der Waals surface area (Å²) in [7, 11) is 2.02. The number of unbranched alkanes of at least 4 members (excludes halogenated alkanes) is 1. The average Bonchev–Trinajstić information content (AvgIpc) is 2.89. The molecule has 0 saturated heterocycles. The first-order chi connectivity index (χ1) is 10.8. The van der Waals surface area contributed by atoms with Crippen LogP contribution in [0.25, 0.3) is 20.2 Å². The number of fused-ring (bicyclic) bond motifs is 3. The van der Waals surface area contributed by atoms with Crippen molar-refractivity contribution in [3.05, 3.63) is 47.5 Å². The van der Waals surface area contributed by atoms with Gasteiger partial charge in [0.15, 0.2) is 0 Å². The molecule has 3 N–H and O–H groups in total. The lowest BCUT2D eigenvalue weighted by Gasteiger charge is -2.03. The van der Waals surface area contributed by atoms with Crippen LogP contribution < -0.4 is 11.1 Å². The Labute approximate surface area is 136 Å². The first kappa shape index (κ1) is 15.5. The highest BCUT2D eigenvalue weighted by Gasteiger charge is 2.07. The number of hydrogen-bond acceptors (Lipinski definition) is 3. The minimum atomic E-state index is 0.713. The van der Waals surface area contributed by atoms with Gasteiger partial charge in [-0.2, -0.15) is 0 Å². The fourth-order valence-corrected chi connectivity index (χ4v) is 4.05. The highest BCUT2D eigenvalue weighted by atomic mass is 32.1. The van der Waals surface area contributed by atoms with Gasteiger partial charge < -0.3 is 11.1 Å². The van der Waals surface area contributed by atoms with Crippen molar-refractivity contribution in [1.82, 2.24) is 5.32 Å². The largest absolute Gasteiger partial charge is 0.330 e. The van der Waals surface area contributed by atoms with E-state index in [4.69, 9.17) is 5.73 Å². The second-order valence-electron chi connectivity index (χ2n) is 5.86. The molecule has 116 valence electrons. The lowest BCUT2D eigenvalue weighted by atomic mass is 10.0. The molecular weight excluding hydrogens is 288 g/mol. The third-order valence-corrected chi connectivity index (χ3v) is 5.33. The van der Waals surface area contributed by atoms with Crippen LogP contribution in [0.3, 0.4) is 0 Å². The first-order valence-corrected chi connectivity index (χ1v) is 8.92. The Hall–Kier alpha value is -1.42. The minimum absolute atomic E-state index is 0.713. The predicted octanol–water partition coefficient (Wildman–Crippen LogP) is 4.10. The zero-order valence-electron chi connectivity index (χ0n) is 13.2. The molecule has 2 aromatic carbocycles. The monoisotopic (exact) mass is 312 g/mol. The van der Waals surface area contributed by atoms with E-state index in [1.54, 1.807) is 0 Å². The van der Waals surface area contributed by atoms with Crippen LogP contribution in [0.4, 0.5) is 0 Å². The van der Waals surface area contributed by atoms with E-state index in [0.717, 1.165) is 19.4 Å². The third kappa shape index (κ3) is 3.32. The van der Waals surface area contributed by atoms with Crippen LogP contribution >= 0.6 is 11.3 Å². The predicted molar refractivity (Wildman–Crippen MR) is 99.0 cm³/mol. The van der Waals surface area contributed by atoms with Crippen molar-refractivity contribution < 1.29 is 0 Å². The van der Waals surface area contributed by atoms with Crippen LogP contribution in [0.5, 0.6) is 0 Å². The summed E-state index contributed by atoms with van der Waals surface area (Å²) in [4.78, 5) is 0. The van der Waals surface area contributed by atoms with E-state index in [0.29, 0.717) is 6.54 Å². The number of aryl methyl sites for hydroxylation is 1. The molecular formula is C19H24N2S. The second-order valence-corrected chi connectivity index (χ2v) is 6.95. The van der Waals surface area contributed by atoms with Crippen molar-refractivity contribution in [3.8, 4) is 0 Å². The molecule has 2 nitrogen and oxygen atoms in total. The highest BCUT2D eigenvalue weighted by Crippen LogP contribution is 2.35. The Kier molecular flexibility index (Phi) is 5.08. The number of hydrogen-bond donors (Lipinski definition) is 2. The standard InChI is InChI=1S/C19H24N2S/c1-21-11-3-2-4-14-5-7-18-16(12-14)17-13-15(9-10-20)6-8-19(17)22-18/h5-8,12-13,21H,2-4,9-11,20H2,1H3. The molecule has 1 heterocycles. The summed E-state index contributed by atoms with van der Waals surface area (Å²) in [6.45, 7) is 1.82. The van der Waals surface area contributed by atoms with E-state index in [1.807, 2.05) is 18.4 Å². The summed E-state index contributed by atoms with van der Waals surface area (Å²) in [6, 6.07) is 13.8. The lowest BCUT2D eigenvalue weighted by molar-refractivity contribution is 0.677. The lowest BCUT2D eigenvalue weighted by Crippen LogP contribution is -2.07. The summed E-state index contributed by atoms with van der Waals surface area (Å²) in [5, 5.41) is 6.01. The molecule has 0 bridgehead atoms. The van der Waals surface area contributed by atoms with Crippen molar-refractivity contribution in [3.63, 3.8) is 0 Å². The maximum atomic E-state index is 5.69. The normalized spacial score (nSPS) is 11.5. The molecule has 0 fully saturated rings. The molecule has 3 aromatic rings.